The van der Waals surface area contributed by atoms with E-state index in [1.165, 1.54) is 0 Å². The van der Waals surface area contributed by atoms with Crippen LogP contribution in [-0.2, 0) is 25.8 Å². The lowest BCUT2D eigenvalue weighted by molar-refractivity contribution is -0.381. The van der Waals surface area contributed by atoms with Gasteiger partial charge in [0.1, 0.15) is 18.1 Å². The summed E-state index contributed by atoms with van der Waals surface area (Å²) in [6.45, 7) is 2.43. The fourth-order valence-electron chi connectivity index (χ4n) is 3.06. The van der Waals surface area contributed by atoms with Gasteiger partial charge in [-0.2, -0.15) is 0 Å². The molecule has 32 heavy (non-hydrogen) atoms. The van der Waals surface area contributed by atoms with E-state index in [2.05, 4.69) is 5.32 Å². The third-order valence-electron chi connectivity index (χ3n) is 4.56. The van der Waals surface area contributed by atoms with Crippen molar-refractivity contribution in [1.29, 1.82) is 0 Å². The van der Waals surface area contributed by atoms with Crippen molar-refractivity contribution in [2.24, 2.45) is 0 Å². The van der Waals surface area contributed by atoms with Crippen LogP contribution in [0.2, 0.25) is 0 Å². The predicted molar refractivity (Wildman–Crippen MR) is 123 cm³/mol. The number of hydroxylamine groups is 2. The zero-order valence-corrected chi connectivity index (χ0v) is 18.7. The summed E-state index contributed by atoms with van der Waals surface area (Å²) in [4.78, 5) is 33.7. The molecular weight excluding hydrogens is 452 g/mol. The van der Waals surface area contributed by atoms with Gasteiger partial charge in [0.2, 0.25) is 0 Å². The molecule has 0 spiro atoms. The summed E-state index contributed by atoms with van der Waals surface area (Å²) in [5, 5.41) is 3.72. The predicted octanol–water partition coefficient (Wildman–Crippen LogP) is 4.21. The van der Waals surface area contributed by atoms with E-state index in [1.54, 1.807) is 13.0 Å². The number of hydrogen-bond acceptors (Lipinski definition) is 8. The number of nitrogens with one attached hydrogen (secondary N) is 1. The summed E-state index contributed by atoms with van der Waals surface area (Å²) in [7, 11) is 0. The van der Waals surface area contributed by atoms with Crippen molar-refractivity contribution in [2.75, 3.05) is 13.2 Å². The fourth-order valence-corrected chi connectivity index (χ4v) is 4.19. The molecular formula is C22H20N2O6S2. The SMILES string of the molecule is CCOON1C(=O)/C(=C\c2ccc(Oc3ccc(CC4COC(=O)N4)cc3)cc2)SC1=S. The molecule has 166 valence electrons. The number of rotatable bonds is 8. The van der Waals surface area contributed by atoms with E-state index < -0.39 is 0 Å². The van der Waals surface area contributed by atoms with Crippen LogP contribution in [0.1, 0.15) is 18.1 Å². The maximum Gasteiger partial charge on any atom is 0.407 e. The Morgan fingerprint density at radius 2 is 1.84 bits per heavy atom. The molecule has 2 saturated heterocycles. The first-order valence-corrected chi connectivity index (χ1v) is 11.1. The van der Waals surface area contributed by atoms with Gasteiger partial charge in [-0.05, 0) is 67.0 Å². The molecule has 2 aromatic carbocycles. The van der Waals surface area contributed by atoms with E-state index in [-0.39, 0.29) is 22.4 Å². The number of benzene rings is 2. The van der Waals surface area contributed by atoms with Gasteiger partial charge in [0.25, 0.3) is 5.91 Å². The van der Waals surface area contributed by atoms with Crippen LogP contribution in [0, 0.1) is 0 Å². The minimum atomic E-state index is -0.371. The highest BCUT2D eigenvalue weighted by atomic mass is 32.2. The molecule has 0 saturated carbocycles. The number of ether oxygens (including phenoxy) is 2. The van der Waals surface area contributed by atoms with Crippen LogP contribution in [0.25, 0.3) is 6.08 Å². The van der Waals surface area contributed by atoms with E-state index in [9.17, 15) is 9.59 Å². The molecule has 0 radical (unpaired) electrons. The number of thiocarbonyl (C=S) groups is 1. The number of carbonyl (C=O) groups excluding carboxylic acids is 2. The van der Waals surface area contributed by atoms with Crippen molar-refractivity contribution < 1.29 is 28.9 Å². The minimum absolute atomic E-state index is 0.00647. The van der Waals surface area contributed by atoms with E-state index in [4.69, 9.17) is 31.6 Å². The summed E-state index contributed by atoms with van der Waals surface area (Å²) in [6.07, 6.45) is 2.06. The van der Waals surface area contributed by atoms with Crippen molar-refractivity contribution in [2.45, 2.75) is 19.4 Å². The molecule has 1 N–H and O–H groups in total. The quantitative estimate of drug-likeness (QED) is 0.265. The Kier molecular flexibility index (Phi) is 7.05. The molecule has 1 unspecified atom stereocenters. The van der Waals surface area contributed by atoms with Crippen LogP contribution >= 0.6 is 24.0 Å². The van der Waals surface area contributed by atoms with Gasteiger partial charge >= 0.3 is 6.09 Å². The number of cyclic esters (lactones) is 1. The second kappa shape index (κ2) is 10.1. The Hall–Kier alpha value is -2.92. The Labute approximate surface area is 194 Å². The highest BCUT2D eigenvalue weighted by Gasteiger charge is 2.34. The fraction of sp³-hybridized carbons (Fsp3) is 0.227. The van der Waals surface area contributed by atoms with Crippen molar-refractivity contribution in [3.8, 4) is 11.5 Å². The van der Waals surface area contributed by atoms with Crippen LogP contribution in [0.4, 0.5) is 4.79 Å². The van der Waals surface area contributed by atoms with Crippen molar-refractivity contribution in [3.63, 3.8) is 0 Å². The van der Waals surface area contributed by atoms with Gasteiger partial charge in [0, 0.05) is 0 Å². The number of carbonyl (C=O) groups is 2. The normalized spacial score (nSPS) is 19.4. The lowest BCUT2D eigenvalue weighted by Crippen LogP contribution is -2.28. The second-order valence-corrected chi connectivity index (χ2v) is 8.59. The van der Waals surface area contributed by atoms with Crippen LogP contribution < -0.4 is 10.1 Å². The van der Waals surface area contributed by atoms with Crippen LogP contribution in [0.15, 0.2) is 53.4 Å². The van der Waals surface area contributed by atoms with Crippen molar-refractivity contribution in [3.05, 3.63) is 64.6 Å². The van der Waals surface area contributed by atoms with Gasteiger partial charge < -0.3 is 14.8 Å². The summed E-state index contributed by atoms with van der Waals surface area (Å²) in [5.74, 6) is 0.998. The summed E-state index contributed by atoms with van der Waals surface area (Å²) in [5.41, 5.74) is 1.90. The molecule has 2 fully saturated rings. The zero-order chi connectivity index (χ0) is 22.5. The topological polar surface area (TPSA) is 86.3 Å². The molecule has 0 aromatic heterocycles. The maximum absolute atomic E-state index is 12.4. The van der Waals surface area contributed by atoms with Crippen molar-refractivity contribution >= 4 is 46.4 Å². The van der Waals surface area contributed by atoms with Crippen molar-refractivity contribution in [1.82, 2.24) is 10.4 Å². The summed E-state index contributed by atoms with van der Waals surface area (Å²) >= 11 is 6.30. The Bertz CT molecular complexity index is 1040. The number of nitrogens with zero attached hydrogens (tertiary/aromatic N) is 1. The van der Waals surface area contributed by atoms with E-state index in [0.29, 0.717) is 36.0 Å². The lowest BCUT2D eigenvalue weighted by Gasteiger charge is -2.10. The maximum atomic E-state index is 12.4. The smallest absolute Gasteiger partial charge is 0.407 e. The molecule has 0 bridgehead atoms. The van der Waals surface area contributed by atoms with Gasteiger partial charge in [-0.15, -0.1) is 10.1 Å². The zero-order valence-electron chi connectivity index (χ0n) is 17.1. The molecule has 10 heteroatoms. The monoisotopic (exact) mass is 472 g/mol. The van der Waals surface area contributed by atoms with Crippen LogP contribution in [-0.4, -0.2) is 40.6 Å². The second-order valence-electron chi connectivity index (χ2n) is 6.92. The molecule has 2 aliphatic heterocycles. The molecule has 2 aliphatic rings. The number of hydrogen-bond donors (Lipinski definition) is 1. The third kappa shape index (κ3) is 5.46. The highest BCUT2D eigenvalue weighted by molar-refractivity contribution is 8.26. The minimum Gasteiger partial charge on any atom is -0.457 e. The number of alkyl carbamates (subject to hydrolysis) is 1. The number of amides is 2. The lowest BCUT2D eigenvalue weighted by atomic mass is 10.1. The van der Waals surface area contributed by atoms with Gasteiger partial charge in [0.15, 0.2) is 4.32 Å². The van der Waals surface area contributed by atoms with Crippen LogP contribution in [0.5, 0.6) is 11.5 Å². The average molecular weight is 473 g/mol. The molecule has 4 rings (SSSR count). The van der Waals surface area contributed by atoms with E-state index in [0.717, 1.165) is 28.0 Å². The Balaban J connectivity index is 1.35. The Morgan fingerprint density at radius 1 is 1.16 bits per heavy atom. The van der Waals surface area contributed by atoms with E-state index >= 15 is 0 Å². The largest absolute Gasteiger partial charge is 0.457 e. The summed E-state index contributed by atoms with van der Waals surface area (Å²) in [6, 6.07) is 15.0. The molecule has 0 aliphatic carbocycles. The number of thioether (sulfide) groups is 1. The first-order chi connectivity index (χ1) is 15.5. The molecule has 2 aromatic rings. The van der Waals surface area contributed by atoms with Crippen LogP contribution in [0.3, 0.4) is 0 Å². The molecule has 8 nitrogen and oxygen atoms in total. The average Bonchev–Trinajstić information content (AvgIpc) is 3.31. The first-order valence-electron chi connectivity index (χ1n) is 9.89. The Morgan fingerprint density at radius 3 is 2.47 bits per heavy atom. The molecule has 2 amide bonds. The first kappa shape index (κ1) is 22.3. The molecule has 1 atom stereocenters. The van der Waals surface area contributed by atoms with Gasteiger partial charge in [0.05, 0.1) is 17.6 Å². The highest BCUT2D eigenvalue weighted by Crippen LogP contribution is 2.33. The third-order valence-corrected chi connectivity index (χ3v) is 5.83. The van der Waals surface area contributed by atoms with Gasteiger partial charge in [-0.1, -0.05) is 36.0 Å². The van der Waals surface area contributed by atoms with E-state index in [1.807, 2.05) is 48.5 Å². The van der Waals surface area contributed by atoms with Gasteiger partial charge in [-0.25, -0.2) is 9.68 Å². The standard InChI is InChI=1S/C22H20N2O6S2/c1-2-28-30-24-20(25)19(32-22(24)31)12-15-5-9-18(10-6-15)29-17-7-3-14(4-8-17)11-16-13-27-21(26)23-16/h3-10,12,16H,2,11,13H2,1H3,(H,23,26)/b19-12+. The van der Waals surface area contributed by atoms with Gasteiger partial charge in [-0.3, -0.25) is 4.79 Å². The molecule has 2 heterocycles. The summed E-state index contributed by atoms with van der Waals surface area (Å²) < 4.78 is 11.1.